The molecule has 0 saturated carbocycles. The van der Waals surface area contributed by atoms with Gasteiger partial charge >= 0.3 is 0 Å². The molecule has 0 unspecified atom stereocenters. The lowest BCUT2D eigenvalue weighted by atomic mass is 10.1. The molecule has 2 aromatic rings. The van der Waals surface area contributed by atoms with E-state index in [-0.39, 0.29) is 31.3 Å². The van der Waals surface area contributed by atoms with Crippen molar-refractivity contribution in [3.8, 4) is 11.5 Å². The smallest absolute Gasteiger partial charge is 0.262 e. The quantitative estimate of drug-likeness (QED) is 0.188. The summed E-state index contributed by atoms with van der Waals surface area (Å²) < 4.78 is 37.4. The van der Waals surface area contributed by atoms with E-state index in [1.807, 2.05) is 30.3 Å². The first-order chi connectivity index (χ1) is 20.0. The fourth-order valence-corrected chi connectivity index (χ4v) is 3.35. The Labute approximate surface area is 239 Å². The van der Waals surface area contributed by atoms with Crippen LogP contribution >= 0.6 is 0 Å². The largest absolute Gasteiger partial charge is 0.489 e. The number of benzene rings is 2. The van der Waals surface area contributed by atoms with Gasteiger partial charge in [-0.25, -0.2) is 0 Å². The predicted octanol–water partition coefficient (Wildman–Crippen LogP) is 2.39. The van der Waals surface area contributed by atoms with Gasteiger partial charge in [-0.15, -0.1) is 0 Å². The molecular weight excluding hydrogens is 534 g/mol. The number of hydrogen-bond acceptors (Lipinski definition) is 10. The SMILES string of the molecule is COCCOCCOCCOCCOC1=CC(=O)C(NC(=O)COc2ccc(OCc3ccccc3)cc2)=CC1=O. The molecule has 11 nitrogen and oxygen atoms in total. The van der Waals surface area contributed by atoms with E-state index >= 15 is 0 Å². The standard InChI is InChI=1S/C30H35NO10/c1-35-11-12-36-13-14-37-15-16-38-17-18-39-29-20-27(32)26(19-28(29)33)31-30(34)22-41-25-9-7-24(8-10-25)40-21-23-5-3-2-4-6-23/h2-10,19-20H,11-18,21-22H2,1H3,(H,31,34). The van der Waals surface area contributed by atoms with Crippen LogP contribution in [0, 0.1) is 0 Å². The number of carbonyl (C=O) groups excluding carboxylic acids is 3. The second-order valence-corrected chi connectivity index (χ2v) is 8.56. The van der Waals surface area contributed by atoms with Crippen LogP contribution in [0.3, 0.4) is 0 Å². The van der Waals surface area contributed by atoms with E-state index in [0.29, 0.717) is 57.7 Å². The average molecular weight is 570 g/mol. The molecule has 1 N–H and O–H groups in total. The van der Waals surface area contributed by atoms with Gasteiger partial charge in [0.25, 0.3) is 5.91 Å². The van der Waals surface area contributed by atoms with Gasteiger partial charge in [0.2, 0.25) is 11.6 Å². The van der Waals surface area contributed by atoms with Gasteiger partial charge in [-0.3, -0.25) is 14.4 Å². The summed E-state index contributed by atoms with van der Waals surface area (Å²) in [5.74, 6) is -0.700. The summed E-state index contributed by atoms with van der Waals surface area (Å²) in [6.07, 6.45) is 2.07. The van der Waals surface area contributed by atoms with E-state index in [0.717, 1.165) is 17.7 Å². The number of ketones is 2. The van der Waals surface area contributed by atoms with Gasteiger partial charge in [0.1, 0.15) is 24.7 Å². The van der Waals surface area contributed by atoms with Crippen molar-refractivity contribution in [2.45, 2.75) is 6.61 Å². The molecule has 2 aromatic carbocycles. The molecule has 0 bridgehead atoms. The Morgan fingerprint density at radius 2 is 1.24 bits per heavy atom. The van der Waals surface area contributed by atoms with Crippen LogP contribution in [0.2, 0.25) is 0 Å². The van der Waals surface area contributed by atoms with Crippen molar-refractivity contribution in [2.24, 2.45) is 0 Å². The summed E-state index contributed by atoms with van der Waals surface area (Å²) in [6.45, 7) is 3.07. The maximum atomic E-state index is 12.4. The maximum absolute atomic E-state index is 12.4. The Kier molecular flexibility index (Phi) is 14.1. The van der Waals surface area contributed by atoms with Gasteiger partial charge in [0.15, 0.2) is 12.4 Å². The Morgan fingerprint density at radius 3 is 1.88 bits per heavy atom. The Bertz CT molecular complexity index is 1160. The van der Waals surface area contributed by atoms with Crippen LogP contribution in [0.1, 0.15) is 5.56 Å². The minimum atomic E-state index is -0.586. The molecule has 0 saturated heterocycles. The molecule has 0 aliphatic heterocycles. The van der Waals surface area contributed by atoms with E-state index in [1.165, 1.54) is 0 Å². The third-order valence-corrected chi connectivity index (χ3v) is 5.42. The van der Waals surface area contributed by atoms with Crippen LogP contribution in [0.5, 0.6) is 11.5 Å². The topological polar surface area (TPSA) is 128 Å². The molecule has 1 aliphatic rings. The number of amides is 1. The highest BCUT2D eigenvalue weighted by atomic mass is 16.6. The first kappa shape index (κ1) is 31.5. The highest BCUT2D eigenvalue weighted by Crippen LogP contribution is 2.19. The summed E-state index contributed by atoms with van der Waals surface area (Å²) in [4.78, 5) is 37.0. The fourth-order valence-electron chi connectivity index (χ4n) is 3.35. The number of hydrogen-bond donors (Lipinski definition) is 1. The first-order valence-electron chi connectivity index (χ1n) is 13.1. The van der Waals surface area contributed by atoms with E-state index < -0.39 is 17.5 Å². The van der Waals surface area contributed by atoms with Crippen LogP contribution in [0.25, 0.3) is 0 Å². The molecular formula is C30H35NO10. The Balaban J connectivity index is 1.27. The van der Waals surface area contributed by atoms with Gasteiger partial charge in [-0.2, -0.15) is 0 Å². The maximum Gasteiger partial charge on any atom is 0.262 e. The molecule has 41 heavy (non-hydrogen) atoms. The van der Waals surface area contributed by atoms with Gasteiger partial charge in [-0.05, 0) is 29.8 Å². The highest BCUT2D eigenvalue weighted by molar-refractivity contribution is 6.19. The van der Waals surface area contributed by atoms with Gasteiger partial charge in [0, 0.05) is 19.3 Å². The zero-order valence-electron chi connectivity index (χ0n) is 23.0. The lowest BCUT2D eigenvalue weighted by molar-refractivity contribution is -0.124. The van der Waals surface area contributed by atoms with Crippen molar-refractivity contribution in [2.75, 3.05) is 66.6 Å². The van der Waals surface area contributed by atoms with Crippen molar-refractivity contribution in [1.82, 2.24) is 5.32 Å². The molecule has 1 aliphatic carbocycles. The van der Waals surface area contributed by atoms with Gasteiger partial charge < -0.3 is 38.5 Å². The zero-order valence-corrected chi connectivity index (χ0v) is 23.0. The molecule has 11 heteroatoms. The summed E-state index contributed by atoms with van der Waals surface area (Å²) >= 11 is 0. The molecule has 0 aromatic heterocycles. The first-order valence-corrected chi connectivity index (χ1v) is 13.1. The monoisotopic (exact) mass is 569 g/mol. The third kappa shape index (κ3) is 12.4. The van der Waals surface area contributed by atoms with Crippen LogP contribution in [-0.4, -0.2) is 84.0 Å². The van der Waals surface area contributed by atoms with Crippen LogP contribution in [0.15, 0.2) is 78.2 Å². The Morgan fingerprint density at radius 1 is 0.659 bits per heavy atom. The van der Waals surface area contributed by atoms with Crippen LogP contribution < -0.4 is 14.8 Å². The van der Waals surface area contributed by atoms with Crippen molar-refractivity contribution in [3.63, 3.8) is 0 Å². The molecule has 0 spiro atoms. The molecule has 0 fully saturated rings. The van der Waals surface area contributed by atoms with Gasteiger partial charge in [0.05, 0.1) is 51.9 Å². The lowest BCUT2D eigenvalue weighted by Gasteiger charge is -2.14. The van der Waals surface area contributed by atoms with Crippen molar-refractivity contribution < 1.29 is 47.5 Å². The number of allylic oxidation sites excluding steroid dienone is 2. The Hall–Kier alpha value is -4.03. The van der Waals surface area contributed by atoms with Crippen molar-refractivity contribution in [1.29, 1.82) is 0 Å². The summed E-state index contributed by atoms with van der Waals surface area (Å²) in [5, 5.41) is 2.40. The molecule has 220 valence electrons. The molecule has 1 amide bonds. The minimum absolute atomic E-state index is 0.0738. The van der Waals surface area contributed by atoms with E-state index in [9.17, 15) is 14.4 Å². The predicted molar refractivity (Wildman–Crippen MR) is 147 cm³/mol. The third-order valence-electron chi connectivity index (χ3n) is 5.42. The fraction of sp³-hybridized carbons (Fsp3) is 0.367. The molecule has 0 atom stereocenters. The lowest BCUT2D eigenvalue weighted by Crippen LogP contribution is -2.33. The minimum Gasteiger partial charge on any atom is -0.489 e. The van der Waals surface area contributed by atoms with Crippen LogP contribution in [-0.2, 0) is 44.7 Å². The van der Waals surface area contributed by atoms with Crippen molar-refractivity contribution >= 4 is 17.5 Å². The molecule has 3 rings (SSSR count). The number of rotatable bonds is 20. The molecule has 0 heterocycles. The second kappa shape index (κ2) is 18.3. The summed E-state index contributed by atoms with van der Waals surface area (Å²) in [6, 6.07) is 16.6. The zero-order chi connectivity index (χ0) is 29.1. The average Bonchev–Trinajstić information content (AvgIpc) is 2.99. The molecule has 0 radical (unpaired) electrons. The van der Waals surface area contributed by atoms with E-state index in [1.54, 1.807) is 31.4 Å². The normalized spacial score (nSPS) is 12.9. The van der Waals surface area contributed by atoms with E-state index in [2.05, 4.69) is 5.32 Å². The van der Waals surface area contributed by atoms with Gasteiger partial charge in [-0.1, -0.05) is 30.3 Å². The van der Waals surface area contributed by atoms with Crippen molar-refractivity contribution in [3.05, 3.63) is 83.8 Å². The second-order valence-electron chi connectivity index (χ2n) is 8.56. The summed E-state index contributed by atoms with van der Waals surface area (Å²) in [7, 11) is 1.61. The number of carbonyl (C=O) groups is 3. The number of nitrogens with one attached hydrogen (secondary N) is 1. The number of methoxy groups -OCH3 is 1. The van der Waals surface area contributed by atoms with E-state index in [4.69, 9.17) is 33.2 Å². The highest BCUT2D eigenvalue weighted by Gasteiger charge is 2.23. The van der Waals surface area contributed by atoms with Crippen LogP contribution in [0.4, 0.5) is 0 Å². The summed E-state index contributed by atoms with van der Waals surface area (Å²) in [5.41, 5.74) is 0.894. The number of ether oxygens (including phenoxy) is 7.